The molecule has 5 heteroatoms. The summed E-state index contributed by atoms with van der Waals surface area (Å²) in [5, 5.41) is 9.76. The molecule has 0 aliphatic carbocycles. The number of hydrogen-bond acceptors (Lipinski definition) is 4. The molecule has 31 heavy (non-hydrogen) atoms. The molecule has 1 saturated heterocycles. The van der Waals surface area contributed by atoms with Crippen molar-refractivity contribution in [3.05, 3.63) is 95.6 Å². The minimum Gasteiger partial charge on any atom is -0.497 e. The van der Waals surface area contributed by atoms with E-state index in [0.29, 0.717) is 13.0 Å². The van der Waals surface area contributed by atoms with Crippen LogP contribution >= 0.6 is 0 Å². The van der Waals surface area contributed by atoms with E-state index in [1.54, 1.807) is 7.11 Å². The van der Waals surface area contributed by atoms with Crippen molar-refractivity contribution < 1.29 is 19.4 Å². The van der Waals surface area contributed by atoms with Crippen LogP contribution in [-0.4, -0.2) is 35.7 Å². The number of likely N-dealkylation sites (tertiary alicyclic amines) is 1. The van der Waals surface area contributed by atoms with E-state index >= 15 is 0 Å². The van der Waals surface area contributed by atoms with Gasteiger partial charge in [-0.25, -0.2) is 0 Å². The van der Waals surface area contributed by atoms with Crippen molar-refractivity contribution in [3.8, 4) is 11.5 Å². The zero-order valence-corrected chi connectivity index (χ0v) is 17.6. The summed E-state index contributed by atoms with van der Waals surface area (Å²) in [6.07, 6.45) is 1.53. The van der Waals surface area contributed by atoms with Gasteiger partial charge in [0.05, 0.1) is 13.2 Å². The first-order valence-corrected chi connectivity index (χ1v) is 10.5. The van der Waals surface area contributed by atoms with Crippen LogP contribution in [0.25, 0.3) is 0 Å². The van der Waals surface area contributed by atoms with Crippen molar-refractivity contribution in [3.63, 3.8) is 0 Å². The van der Waals surface area contributed by atoms with Crippen molar-refractivity contribution in [1.29, 1.82) is 0 Å². The smallest absolute Gasteiger partial charge is 0.320 e. The Balaban J connectivity index is 1.61. The summed E-state index contributed by atoms with van der Waals surface area (Å²) in [4.78, 5) is 14.0. The Kier molecular flexibility index (Phi) is 6.53. The van der Waals surface area contributed by atoms with Gasteiger partial charge in [-0.15, -0.1) is 0 Å². The molecule has 4 rings (SSSR count). The lowest BCUT2D eigenvalue weighted by molar-refractivity contribution is -0.142. The van der Waals surface area contributed by atoms with Crippen LogP contribution in [0.3, 0.4) is 0 Å². The third-order valence-electron chi connectivity index (χ3n) is 5.76. The molecule has 0 saturated carbocycles. The van der Waals surface area contributed by atoms with Crippen LogP contribution in [0.2, 0.25) is 0 Å². The van der Waals surface area contributed by atoms with Gasteiger partial charge in [-0.3, -0.25) is 9.69 Å². The molecule has 1 aliphatic heterocycles. The number of carboxylic acids is 1. The van der Waals surface area contributed by atoms with E-state index in [1.165, 1.54) is 0 Å². The zero-order valence-electron chi connectivity index (χ0n) is 17.6. The normalized spacial score (nSPS) is 17.3. The van der Waals surface area contributed by atoms with Gasteiger partial charge in [0.1, 0.15) is 24.1 Å². The molecule has 0 amide bonds. The lowest BCUT2D eigenvalue weighted by Gasteiger charge is -2.32. The van der Waals surface area contributed by atoms with Crippen LogP contribution in [0, 0.1) is 0 Å². The summed E-state index contributed by atoms with van der Waals surface area (Å²) in [6.45, 7) is 1.25. The number of carboxylic acid groups (broad SMARTS) is 1. The number of carbonyl (C=O) groups is 1. The Labute approximate surface area is 182 Å². The monoisotopic (exact) mass is 417 g/mol. The van der Waals surface area contributed by atoms with Crippen LogP contribution in [0.15, 0.2) is 78.9 Å². The summed E-state index contributed by atoms with van der Waals surface area (Å²) in [5.74, 6) is 0.776. The maximum absolute atomic E-state index is 11.9. The highest BCUT2D eigenvalue weighted by atomic mass is 16.5. The number of benzene rings is 3. The van der Waals surface area contributed by atoms with Crippen molar-refractivity contribution >= 4 is 5.97 Å². The quantitative estimate of drug-likeness (QED) is 0.564. The van der Waals surface area contributed by atoms with Gasteiger partial charge in [-0.05, 0) is 53.8 Å². The maximum Gasteiger partial charge on any atom is 0.320 e. The fraction of sp³-hybridized carbons (Fsp3) is 0.269. The Morgan fingerprint density at radius 3 is 2.48 bits per heavy atom. The number of hydrogen-bond donors (Lipinski definition) is 1. The molecule has 1 aliphatic rings. The molecule has 160 valence electrons. The topological polar surface area (TPSA) is 59.0 Å². The van der Waals surface area contributed by atoms with E-state index < -0.39 is 12.0 Å². The third kappa shape index (κ3) is 4.89. The van der Waals surface area contributed by atoms with Crippen LogP contribution in [0.5, 0.6) is 11.5 Å². The zero-order chi connectivity index (χ0) is 21.6. The van der Waals surface area contributed by atoms with Crippen molar-refractivity contribution in [2.24, 2.45) is 0 Å². The van der Waals surface area contributed by atoms with Gasteiger partial charge in [0.2, 0.25) is 0 Å². The van der Waals surface area contributed by atoms with Crippen LogP contribution in [-0.2, 0) is 11.4 Å². The molecular weight excluding hydrogens is 390 g/mol. The van der Waals surface area contributed by atoms with Crippen LogP contribution in [0.1, 0.15) is 35.6 Å². The minimum atomic E-state index is -0.770. The van der Waals surface area contributed by atoms with Gasteiger partial charge >= 0.3 is 5.97 Å². The fourth-order valence-corrected chi connectivity index (χ4v) is 4.24. The predicted octanol–water partition coefficient (Wildman–Crippen LogP) is 4.91. The number of aliphatic carboxylic acids is 1. The number of rotatable bonds is 8. The number of ether oxygens (including phenoxy) is 2. The molecule has 0 bridgehead atoms. The van der Waals surface area contributed by atoms with E-state index in [0.717, 1.165) is 41.2 Å². The highest BCUT2D eigenvalue weighted by Crippen LogP contribution is 2.36. The second-order valence-corrected chi connectivity index (χ2v) is 7.76. The van der Waals surface area contributed by atoms with Crippen molar-refractivity contribution in [2.75, 3.05) is 13.7 Å². The predicted molar refractivity (Wildman–Crippen MR) is 119 cm³/mol. The second-order valence-electron chi connectivity index (χ2n) is 7.76. The largest absolute Gasteiger partial charge is 0.497 e. The van der Waals surface area contributed by atoms with E-state index in [4.69, 9.17) is 9.47 Å². The lowest BCUT2D eigenvalue weighted by Crippen LogP contribution is -2.39. The first-order valence-electron chi connectivity index (χ1n) is 10.5. The summed E-state index contributed by atoms with van der Waals surface area (Å²) < 4.78 is 11.3. The summed E-state index contributed by atoms with van der Waals surface area (Å²) >= 11 is 0. The van der Waals surface area contributed by atoms with Gasteiger partial charge in [0.15, 0.2) is 0 Å². The first kappa shape index (κ1) is 20.9. The Morgan fingerprint density at radius 1 is 1.00 bits per heavy atom. The molecule has 2 unspecified atom stereocenters. The van der Waals surface area contributed by atoms with Gasteiger partial charge in [-0.2, -0.15) is 0 Å². The Hall–Kier alpha value is -3.31. The molecule has 0 aromatic heterocycles. The molecule has 5 nitrogen and oxygen atoms in total. The minimum absolute atomic E-state index is 0.165. The van der Waals surface area contributed by atoms with E-state index in [1.807, 2.05) is 78.9 Å². The number of methoxy groups -OCH3 is 1. The second kappa shape index (κ2) is 9.67. The van der Waals surface area contributed by atoms with Gasteiger partial charge < -0.3 is 14.6 Å². The molecule has 0 spiro atoms. The molecule has 0 radical (unpaired) electrons. The molecule has 3 aromatic rings. The summed E-state index contributed by atoms with van der Waals surface area (Å²) in [5.41, 5.74) is 3.17. The average molecular weight is 418 g/mol. The van der Waals surface area contributed by atoms with Gasteiger partial charge in [0.25, 0.3) is 0 Å². The molecule has 2 atom stereocenters. The van der Waals surface area contributed by atoms with E-state index in [-0.39, 0.29) is 6.04 Å². The Morgan fingerprint density at radius 2 is 1.77 bits per heavy atom. The van der Waals surface area contributed by atoms with Crippen LogP contribution in [0.4, 0.5) is 0 Å². The van der Waals surface area contributed by atoms with Gasteiger partial charge in [0, 0.05) is 6.54 Å². The molecule has 3 aromatic carbocycles. The maximum atomic E-state index is 11.9. The van der Waals surface area contributed by atoms with Crippen LogP contribution < -0.4 is 9.47 Å². The first-order chi connectivity index (χ1) is 15.2. The highest BCUT2D eigenvalue weighted by molar-refractivity contribution is 5.74. The molecule has 1 heterocycles. The standard InChI is InChI=1S/C26H27NO4/c1-30-23-10-5-9-21(17-23)25(27-16-6-11-24(27)26(28)29)20-12-14-22(15-13-20)31-18-19-7-3-2-4-8-19/h2-5,7-10,12-15,17,24-25H,6,11,16,18H2,1H3,(H,28,29). The van der Waals surface area contributed by atoms with Crippen molar-refractivity contribution in [2.45, 2.75) is 31.5 Å². The summed E-state index contributed by atoms with van der Waals surface area (Å²) in [7, 11) is 1.64. The fourth-order valence-electron chi connectivity index (χ4n) is 4.24. The lowest BCUT2D eigenvalue weighted by atomic mass is 9.96. The average Bonchev–Trinajstić information content (AvgIpc) is 3.29. The number of nitrogens with zero attached hydrogens (tertiary/aromatic N) is 1. The molecule has 1 fully saturated rings. The Bertz CT molecular complexity index is 1000. The molecular formula is C26H27NO4. The van der Waals surface area contributed by atoms with E-state index in [9.17, 15) is 9.90 Å². The highest BCUT2D eigenvalue weighted by Gasteiger charge is 2.36. The summed E-state index contributed by atoms with van der Waals surface area (Å²) in [6, 6.07) is 25.2. The SMILES string of the molecule is COc1cccc(C(c2ccc(OCc3ccccc3)cc2)N2CCCC2C(=O)O)c1. The van der Waals surface area contributed by atoms with Crippen molar-refractivity contribution in [1.82, 2.24) is 4.90 Å². The molecule has 1 N–H and O–H groups in total. The van der Waals surface area contributed by atoms with Gasteiger partial charge in [-0.1, -0.05) is 54.6 Å². The van der Waals surface area contributed by atoms with E-state index in [2.05, 4.69) is 4.90 Å². The third-order valence-corrected chi connectivity index (χ3v) is 5.76.